The lowest BCUT2D eigenvalue weighted by Crippen LogP contribution is -2.55. The fraction of sp³-hybridized carbons (Fsp3) is 0.853. The number of carboxylic acids is 1. The molecule has 8 heteroatoms. The van der Waals surface area contributed by atoms with Crippen molar-refractivity contribution in [1.82, 2.24) is 0 Å². The number of likely N-dealkylation sites (N-methyl/N-ethyl adjacent to an activating group) is 1. The predicted octanol–water partition coefficient (Wildman–Crippen LogP) is 6.29. The first-order valence-electron chi connectivity index (χ1n) is 16.7. The Morgan fingerprint density at radius 1 is 0.690 bits per heavy atom. The molecule has 42 heavy (non-hydrogen) atoms. The van der Waals surface area contributed by atoms with Crippen LogP contribution < -0.4 is 5.11 Å². The summed E-state index contributed by atoms with van der Waals surface area (Å²) in [5, 5.41) is 11.5. The number of aliphatic carboxylic acids is 1. The van der Waals surface area contributed by atoms with Crippen molar-refractivity contribution in [3.63, 3.8) is 0 Å². The third-order valence-corrected chi connectivity index (χ3v) is 7.38. The Kier molecular flexibility index (Phi) is 25.5. The largest absolute Gasteiger partial charge is 0.544 e. The van der Waals surface area contributed by atoms with Crippen molar-refractivity contribution in [2.24, 2.45) is 0 Å². The van der Waals surface area contributed by atoms with E-state index in [0.29, 0.717) is 12.8 Å². The van der Waals surface area contributed by atoms with E-state index in [4.69, 9.17) is 14.2 Å². The van der Waals surface area contributed by atoms with E-state index in [-0.39, 0.29) is 42.7 Å². The summed E-state index contributed by atoms with van der Waals surface area (Å²) in [6.07, 6.45) is 22.4. The van der Waals surface area contributed by atoms with E-state index in [1.807, 2.05) is 0 Å². The highest BCUT2D eigenvalue weighted by molar-refractivity contribution is 5.70. The molecule has 8 nitrogen and oxygen atoms in total. The Bertz CT molecular complexity index is 717. The quantitative estimate of drug-likeness (QED) is 0.0432. The molecule has 0 spiro atoms. The van der Waals surface area contributed by atoms with Crippen LogP contribution in [0.2, 0.25) is 0 Å². The van der Waals surface area contributed by atoms with Gasteiger partial charge in [-0.3, -0.25) is 9.59 Å². The van der Waals surface area contributed by atoms with Crippen molar-refractivity contribution in [3.05, 3.63) is 12.2 Å². The molecule has 2 atom stereocenters. The first-order valence-corrected chi connectivity index (χ1v) is 16.7. The number of ether oxygens (including phenoxy) is 3. The monoisotopic (exact) mass is 597 g/mol. The van der Waals surface area contributed by atoms with Gasteiger partial charge in [-0.15, -0.1) is 0 Å². The summed E-state index contributed by atoms with van der Waals surface area (Å²) < 4.78 is 16.9. The SMILES string of the molecule is CCC/C=C\CCCCCCCC(=O)OC(COCCC(C(=O)[O-])[N+](C)(C)C)COC(=O)CCCCCCCCCC. The van der Waals surface area contributed by atoms with Gasteiger partial charge in [-0.25, -0.2) is 0 Å². The van der Waals surface area contributed by atoms with E-state index in [2.05, 4.69) is 26.0 Å². The molecule has 0 aromatic heterocycles. The standard InChI is InChI=1S/C34H63NO7/c1-6-8-10-12-14-16-17-19-21-23-25-33(37)42-30(28-40-27-26-31(34(38)39)35(3,4)5)29-41-32(36)24-22-20-18-15-13-11-9-7-2/h10,12,30-31H,6-9,11,13-29H2,1-5H3/b12-10-. The second kappa shape index (κ2) is 26.7. The highest BCUT2D eigenvalue weighted by Gasteiger charge is 2.25. The maximum absolute atomic E-state index is 12.5. The predicted molar refractivity (Wildman–Crippen MR) is 167 cm³/mol. The van der Waals surface area contributed by atoms with Crippen LogP contribution in [0.15, 0.2) is 12.2 Å². The molecule has 0 bridgehead atoms. The van der Waals surface area contributed by atoms with E-state index < -0.39 is 18.1 Å². The maximum atomic E-state index is 12.5. The summed E-state index contributed by atoms with van der Waals surface area (Å²) in [5.41, 5.74) is 0. The Labute approximate surface area is 257 Å². The summed E-state index contributed by atoms with van der Waals surface area (Å²) in [5.74, 6) is -1.75. The van der Waals surface area contributed by atoms with Crippen LogP contribution in [-0.2, 0) is 28.6 Å². The van der Waals surface area contributed by atoms with E-state index >= 15 is 0 Å². The summed E-state index contributed by atoms with van der Waals surface area (Å²) >= 11 is 0. The van der Waals surface area contributed by atoms with Crippen LogP contribution in [0.4, 0.5) is 0 Å². The van der Waals surface area contributed by atoms with Gasteiger partial charge in [-0.1, -0.05) is 96.6 Å². The minimum atomic E-state index is -1.13. The van der Waals surface area contributed by atoms with Gasteiger partial charge in [-0.05, 0) is 32.1 Å². The lowest BCUT2D eigenvalue weighted by atomic mass is 10.1. The normalized spacial score (nSPS) is 13.3. The van der Waals surface area contributed by atoms with Gasteiger partial charge in [0.25, 0.3) is 0 Å². The molecule has 246 valence electrons. The Morgan fingerprint density at radius 2 is 1.24 bits per heavy atom. The number of allylic oxidation sites excluding steroid dienone is 2. The van der Waals surface area contributed by atoms with Gasteiger partial charge in [0.05, 0.1) is 40.3 Å². The fourth-order valence-electron chi connectivity index (χ4n) is 4.72. The second-order valence-electron chi connectivity index (χ2n) is 12.4. The number of hydrogen-bond donors (Lipinski definition) is 0. The van der Waals surface area contributed by atoms with Crippen molar-refractivity contribution in [3.8, 4) is 0 Å². The van der Waals surface area contributed by atoms with Crippen LogP contribution in [0.1, 0.15) is 136 Å². The number of carboxylic acid groups (broad SMARTS) is 1. The molecular formula is C34H63NO7. The number of rotatable bonds is 29. The number of hydrogen-bond acceptors (Lipinski definition) is 7. The molecule has 0 radical (unpaired) electrons. The molecule has 0 amide bonds. The molecule has 2 unspecified atom stereocenters. The van der Waals surface area contributed by atoms with E-state index in [9.17, 15) is 19.5 Å². The van der Waals surface area contributed by atoms with Gasteiger partial charge < -0.3 is 28.6 Å². The molecule has 0 fully saturated rings. The molecule has 0 saturated carbocycles. The Hall–Kier alpha value is -1.93. The van der Waals surface area contributed by atoms with E-state index in [1.54, 1.807) is 21.1 Å². The van der Waals surface area contributed by atoms with Crippen molar-refractivity contribution in [1.29, 1.82) is 0 Å². The third kappa shape index (κ3) is 24.6. The lowest BCUT2D eigenvalue weighted by molar-refractivity contribution is -0.889. The van der Waals surface area contributed by atoms with Crippen LogP contribution in [-0.4, -0.2) is 75.5 Å². The van der Waals surface area contributed by atoms with Gasteiger partial charge in [0.1, 0.15) is 12.6 Å². The van der Waals surface area contributed by atoms with Crippen LogP contribution in [0.5, 0.6) is 0 Å². The van der Waals surface area contributed by atoms with Crippen molar-refractivity contribution < 1.29 is 38.2 Å². The number of carbonyl (C=O) groups excluding carboxylic acids is 3. The average molecular weight is 598 g/mol. The number of esters is 2. The fourth-order valence-corrected chi connectivity index (χ4v) is 4.72. The third-order valence-electron chi connectivity index (χ3n) is 7.38. The zero-order chi connectivity index (χ0) is 31.5. The number of nitrogens with zero attached hydrogens (tertiary/aromatic N) is 1. The number of unbranched alkanes of at least 4 members (excludes halogenated alkanes) is 13. The molecule has 0 heterocycles. The highest BCUT2D eigenvalue weighted by atomic mass is 16.6. The van der Waals surface area contributed by atoms with Gasteiger partial charge in [-0.2, -0.15) is 0 Å². The van der Waals surface area contributed by atoms with E-state index in [1.165, 1.54) is 44.9 Å². The van der Waals surface area contributed by atoms with Gasteiger partial charge in [0.15, 0.2) is 6.10 Å². The zero-order valence-corrected chi connectivity index (χ0v) is 27.7. The molecule has 0 aliphatic rings. The van der Waals surface area contributed by atoms with Gasteiger partial charge in [0, 0.05) is 19.3 Å². The minimum absolute atomic E-state index is 0.0409. The molecule has 0 aliphatic carbocycles. The summed E-state index contributed by atoms with van der Waals surface area (Å²) in [6, 6.07) is -0.720. The topological polar surface area (TPSA) is 102 Å². The lowest BCUT2D eigenvalue weighted by Gasteiger charge is -2.34. The molecule has 0 N–H and O–H groups in total. The smallest absolute Gasteiger partial charge is 0.306 e. The Morgan fingerprint density at radius 3 is 1.81 bits per heavy atom. The summed E-state index contributed by atoms with van der Waals surface area (Å²) in [6.45, 7) is 4.53. The molecule has 0 aliphatic heterocycles. The van der Waals surface area contributed by atoms with Crippen molar-refractivity contribution in [2.75, 3.05) is 41.0 Å². The molecule has 0 rings (SSSR count). The summed E-state index contributed by atoms with van der Waals surface area (Å²) in [4.78, 5) is 36.3. The van der Waals surface area contributed by atoms with Crippen LogP contribution in [0, 0.1) is 0 Å². The minimum Gasteiger partial charge on any atom is -0.544 e. The molecular weight excluding hydrogens is 534 g/mol. The van der Waals surface area contributed by atoms with Crippen molar-refractivity contribution >= 4 is 17.9 Å². The van der Waals surface area contributed by atoms with Crippen LogP contribution in [0.3, 0.4) is 0 Å². The molecule has 0 aromatic rings. The molecule has 0 aromatic carbocycles. The first-order chi connectivity index (χ1) is 20.1. The van der Waals surface area contributed by atoms with Crippen LogP contribution in [0.25, 0.3) is 0 Å². The van der Waals surface area contributed by atoms with Gasteiger partial charge >= 0.3 is 11.9 Å². The average Bonchev–Trinajstić information content (AvgIpc) is 2.92. The highest BCUT2D eigenvalue weighted by Crippen LogP contribution is 2.12. The maximum Gasteiger partial charge on any atom is 0.306 e. The van der Waals surface area contributed by atoms with Crippen LogP contribution >= 0.6 is 0 Å². The Balaban J connectivity index is 4.50. The number of carbonyl (C=O) groups is 3. The van der Waals surface area contributed by atoms with Crippen molar-refractivity contribution in [2.45, 2.75) is 148 Å². The van der Waals surface area contributed by atoms with Gasteiger partial charge in [0.2, 0.25) is 0 Å². The summed E-state index contributed by atoms with van der Waals surface area (Å²) in [7, 11) is 5.38. The first kappa shape index (κ1) is 40.1. The zero-order valence-electron chi connectivity index (χ0n) is 27.7. The molecule has 0 saturated heterocycles. The van der Waals surface area contributed by atoms with E-state index in [0.717, 1.165) is 57.8 Å². The number of quaternary nitrogens is 1. The second-order valence-corrected chi connectivity index (χ2v) is 12.4.